The number of aromatic nitrogens is 2. The number of hydrogen-bond donors (Lipinski definition) is 3. The van der Waals surface area contributed by atoms with E-state index in [0.29, 0.717) is 5.11 Å². The molecule has 0 aliphatic carbocycles. The van der Waals surface area contributed by atoms with Crippen LogP contribution >= 0.6 is 24.0 Å². The number of thioether (sulfide) groups is 1. The van der Waals surface area contributed by atoms with Crippen molar-refractivity contribution >= 4 is 29.1 Å². The SMILES string of the molecule is CNC(=S)NCCCSCc1nc[nH]c1C. The summed E-state index contributed by atoms with van der Waals surface area (Å²) in [5, 5.41) is 6.72. The van der Waals surface area contributed by atoms with Gasteiger partial charge in [-0.05, 0) is 31.3 Å². The summed E-state index contributed by atoms with van der Waals surface area (Å²) >= 11 is 6.87. The first kappa shape index (κ1) is 13.3. The maximum atomic E-state index is 4.97. The van der Waals surface area contributed by atoms with Gasteiger partial charge in [0, 0.05) is 25.0 Å². The predicted octanol–water partition coefficient (Wildman–Crippen LogP) is 1.44. The summed E-state index contributed by atoms with van der Waals surface area (Å²) in [6.45, 7) is 2.97. The molecule has 1 rings (SSSR count). The molecular weight excluding hydrogens is 240 g/mol. The van der Waals surface area contributed by atoms with Gasteiger partial charge in [-0.1, -0.05) is 0 Å². The van der Waals surface area contributed by atoms with E-state index in [1.807, 2.05) is 18.8 Å². The molecule has 1 aromatic rings. The molecule has 1 heterocycles. The van der Waals surface area contributed by atoms with Gasteiger partial charge in [-0.15, -0.1) is 0 Å². The second kappa shape index (κ2) is 7.51. The monoisotopic (exact) mass is 258 g/mol. The van der Waals surface area contributed by atoms with Gasteiger partial charge in [0.2, 0.25) is 0 Å². The molecule has 16 heavy (non-hydrogen) atoms. The average Bonchev–Trinajstić information content (AvgIpc) is 2.69. The molecule has 0 radical (unpaired) electrons. The van der Waals surface area contributed by atoms with E-state index in [9.17, 15) is 0 Å². The van der Waals surface area contributed by atoms with Crippen LogP contribution in [0.3, 0.4) is 0 Å². The minimum absolute atomic E-state index is 0.716. The molecule has 6 heteroatoms. The number of rotatable bonds is 6. The summed E-state index contributed by atoms with van der Waals surface area (Å²) in [5.41, 5.74) is 2.32. The number of thiocarbonyl (C=S) groups is 1. The fourth-order valence-electron chi connectivity index (χ4n) is 1.17. The summed E-state index contributed by atoms with van der Waals surface area (Å²) in [4.78, 5) is 7.33. The lowest BCUT2D eigenvalue weighted by Gasteiger charge is -2.06. The predicted molar refractivity (Wildman–Crippen MR) is 73.8 cm³/mol. The molecule has 0 spiro atoms. The van der Waals surface area contributed by atoms with Gasteiger partial charge in [0.1, 0.15) is 0 Å². The fraction of sp³-hybridized carbons (Fsp3) is 0.600. The van der Waals surface area contributed by atoms with Crippen LogP contribution < -0.4 is 10.6 Å². The Bertz CT molecular complexity index is 324. The zero-order valence-electron chi connectivity index (χ0n) is 9.67. The van der Waals surface area contributed by atoms with Gasteiger partial charge in [0.15, 0.2) is 5.11 Å². The van der Waals surface area contributed by atoms with Crippen LogP contribution in [0.1, 0.15) is 17.8 Å². The van der Waals surface area contributed by atoms with Gasteiger partial charge in [0.05, 0.1) is 12.0 Å². The second-order valence-corrected chi connectivity index (χ2v) is 4.90. The first-order valence-corrected chi connectivity index (χ1v) is 6.82. The summed E-state index contributed by atoms with van der Waals surface area (Å²) in [7, 11) is 1.82. The Hall–Kier alpha value is -0.750. The third kappa shape index (κ3) is 4.85. The van der Waals surface area contributed by atoms with E-state index in [1.54, 1.807) is 6.33 Å². The van der Waals surface area contributed by atoms with Gasteiger partial charge >= 0.3 is 0 Å². The van der Waals surface area contributed by atoms with Crippen molar-refractivity contribution in [1.29, 1.82) is 0 Å². The zero-order chi connectivity index (χ0) is 11.8. The summed E-state index contributed by atoms with van der Waals surface area (Å²) < 4.78 is 0. The van der Waals surface area contributed by atoms with Crippen molar-refractivity contribution in [3.8, 4) is 0 Å². The Morgan fingerprint density at radius 2 is 2.44 bits per heavy atom. The minimum Gasteiger partial charge on any atom is -0.366 e. The van der Waals surface area contributed by atoms with Gasteiger partial charge in [0.25, 0.3) is 0 Å². The number of H-pyrrole nitrogens is 1. The lowest BCUT2D eigenvalue weighted by atomic mass is 10.4. The lowest BCUT2D eigenvalue weighted by molar-refractivity contribution is 0.834. The Morgan fingerprint density at radius 1 is 1.62 bits per heavy atom. The van der Waals surface area contributed by atoms with Crippen molar-refractivity contribution in [1.82, 2.24) is 20.6 Å². The second-order valence-electron chi connectivity index (χ2n) is 3.39. The number of aromatic amines is 1. The smallest absolute Gasteiger partial charge is 0.166 e. The normalized spacial score (nSPS) is 10.1. The van der Waals surface area contributed by atoms with E-state index in [1.165, 1.54) is 5.69 Å². The standard InChI is InChI=1S/C10H18N4S2/c1-8-9(14-7-13-8)6-16-5-3-4-12-10(15)11-2/h7H,3-6H2,1-2H3,(H,13,14)(H2,11,12,15). The van der Waals surface area contributed by atoms with Crippen molar-refractivity contribution in [2.45, 2.75) is 19.1 Å². The molecule has 3 N–H and O–H groups in total. The summed E-state index contributed by atoms with van der Waals surface area (Å²) in [6.07, 6.45) is 2.86. The molecule has 0 unspecified atom stereocenters. The quantitative estimate of drug-likeness (QED) is 0.532. The third-order valence-corrected chi connectivity index (χ3v) is 3.55. The van der Waals surface area contributed by atoms with Gasteiger partial charge < -0.3 is 15.6 Å². The molecule has 0 saturated carbocycles. The maximum Gasteiger partial charge on any atom is 0.166 e. The van der Waals surface area contributed by atoms with E-state index in [0.717, 1.165) is 30.2 Å². The Balaban J connectivity index is 2.00. The molecule has 1 aromatic heterocycles. The number of imidazole rings is 1. The van der Waals surface area contributed by atoms with Crippen molar-refractivity contribution < 1.29 is 0 Å². The molecule has 0 aromatic carbocycles. The highest BCUT2D eigenvalue weighted by Crippen LogP contribution is 2.12. The Morgan fingerprint density at radius 3 is 3.06 bits per heavy atom. The summed E-state index contributed by atoms with van der Waals surface area (Å²) in [5.74, 6) is 2.09. The van der Waals surface area contributed by atoms with Crippen LogP contribution in [0.25, 0.3) is 0 Å². The fourth-order valence-corrected chi connectivity index (χ4v) is 2.25. The molecule has 0 atom stereocenters. The first-order chi connectivity index (χ1) is 7.74. The molecule has 0 bridgehead atoms. The number of nitrogens with zero attached hydrogens (tertiary/aromatic N) is 1. The molecule has 0 aliphatic heterocycles. The molecular formula is C10H18N4S2. The van der Waals surface area contributed by atoms with Crippen LogP contribution in [-0.4, -0.2) is 34.4 Å². The molecule has 4 nitrogen and oxygen atoms in total. The molecule has 90 valence electrons. The lowest BCUT2D eigenvalue weighted by Crippen LogP contribution is -2.33. The third-order valence-electron chi connectivity index (χ3n) is 2.15. The Kier molecular flexibility index (Phi) is 6.25. The van der Waals surface area contributed by atoms with Crippen LogP contribution in [0.2, 0.25) is 0 Å². The number of aryl methyl sites for hydroxylation is 1. The summed E-state index contributed by atoms with van der Waals surface area (Å²) in [6, 6.07) is 0. The highest BCUT2D eigenvalue weighted by atomic mass is 32.2. The maximum absolute atomic E-state index is 4.97. The molecule has 0 saturated heterocycles. The first-order valence-electron chi connectivity index (χ1n) is 5.26. The van der Waals surface area contributed by atoms with E-state index in [-0.39, 0.29) is 0 Å². The molecule has 0 aliphatic rings. The van der Waals surface area contributed by atoms with Gasteiger partial charge in [-0.3, -0.25) is 0 Å². The van der Waals surface area contributed by atoms with Crippen LogP contribution in [-0.2, 0) is 5.75 Å². The van der Waals surface area contributed by atoms with E-state index in [4.69, 9.17) is 12.2 Å². The van der Waals surface area contributed by atoms with E-state index >= 15 is 0 Å². The van der Waals surface area contributed by atoms with E-state index in [2.05, 4.69) is 27.5 Å². The van der Waals surface area contributed by atoms with Crippen molar-refractivity contribution in [3.63, 3.8) is 0 Å². The van der Waals surface area contributed by atoms with Crippen LogP contribution in [0.15, 0.2) is 6.33 Å². The number of nitrogens with one attached hydrogen (secondary N) is 3. The van der Waals surface area contributed by atoms with Crippen LogP contribution in [0, 0.1) is 6.92 Å². The molecule has 0 fully saturated rings. The van der Waals surface area contributed by atoms with Crippen molar-refractivity contribution in [2.75, 3.05) is 19.3 Å². The van der Waals surface area contributed by atoms with Gasteiger partial charge in [-0.25, -0.2) is 4.98 Å². The van der Waals surface area contributed by atoms with Crippen LogP contribution in [0.4, 0.5) is 0 Å². The average molecular weight is 258 g/mol. The minimum atomic E-state index is 0.716. The van der Waals surface area contributed by atoms with Gasteiger partial charge in [-0.2, -0.15) is 11.8 Å². The van der Waals surface area contributed by atoms with E-state index < -0.39 is 0 Å². The Labute approximate surface area is 106 Å². The van der Waals surface area contributed by atoms with Crippen LogP contribution in [0.5, 0.6) is 0 Å². The molecule has 0 amide bonds. The van der Waals surface area contributed by atoms with Crippen molar-refractivity contribution in [2.24, 2.45) is 0 Å². The highest BCUT2D eigenvalue weighted by Gasteiger charge is 2.00. The van der Waals surface area contributed by atoms with Crippen molar-refractivity contribution in [3.05, 3.63) is 17.7 Å². The topological polar surface area (TPSA) is 52.7 Å². The zero-order valence-corrected chi connectivity index (χ0v) is 11.3. The highest BCUT2D eigenvalue weighted by molar-refractivity contribution is 7.98. The number of hydrogen-bond acceptors (Lipinski definition) is 3. The largest absolute Gasteiger partial charge is 0.366 e.